The largest absolute Gasteiger partial charge is 0.547 e. The van der Waals surface area contributed by atoms with Crippen molar-refractivity contribution in [2.45, 2.75) is 52.6 Å². The van der Waals surface area contributed by atoms with Gasteiger partial charge in [0.2, 0.25) is 5.91 Å². The number of carbonyl (C=O) groups excluding carboxylic acids is 2. The van der Waals surface area contributed by atoms with Crippen molar-refractivity contribution in [3.63, 3.8) is 0 Å². The number of ether oxygens (including phenoxy) is 1. The molecule has 0 saturated carbocycles. The van der Waals surface area contributed by atoms with Crippen LogP contribution in [-0.4, -0.2) is 30.0 Å². The Bertz CT molecular complexity index is 979. The second-order valence-corrected chi connectivity index (χ2v) is 7.51. The van der Waals surface area contributed by atoms with E-state index in [2.05, 4.69) is 5.32 Å². The molecule has 160 valence electrons. The highest BCUT2D eigenvalue weighted by atomic mass is 16.6. The molecule has 9 nitrogen and oxygen atoms in total. The lowest BCUT2D eigenvalue weighted by molar-refractivity contribution is -0.121. The Morgan fingerprint density at radius 3 is 2.73 bits per heavy atom. The summed E-state index contributed by atoms with van der Waals surface area (Å²) in [5.74, 6) is -1.44. The van der Waals surface area contributed by atoms with Gasteiger partial charge in [-0.15, -0.1) is 0 Å². The number of fused-ring (bicyclic) bond motifs is 1. The van der Waals surface area contributed by atoms with Crippen molar-refractivity contribution < 1.29 is 32.8 Å². The molecular formula is C20H24BNO8. The van der Waals surface area contributed by atoms with Crippen LogP contribution in [0.25, 0.3) is 0 Å². The molecule has 0 fully saturated rings. The summed E-state index contributed by atoms with van der Waals surface area (Å²) in [6, 6.07) is 4.93. The first-order chi connectivity index (χ1) is 14.3. The minimum absolute atomic E-state index is 0.128. The van der Waals surface area contributed by atoms with Crippen LogP contribution in [0, 0.1) is 5.92 Å². The van der Waals surface area contributed by atoms with Crippen molar-refractivity contribution >= 4 is 19.0 Å². The predicted octanol–water partition coefficient (Wildman–Crippen LogP) is 1.64. The quantitative estimate of drug-likeness (QED) is 0.514. The summed E-state index contributed by atoms with van der Waals surface area (Å²) in [7, 11) is -1.30. The highest BCUT2D eigenvalue weighted by Crippen LogP contribution is 2.31. The van der Waals surface area contributed by atoms with Gasteiger partial charge in [-0.2, -0.15) is 0 Å². The fourth-order valence-corrected chi connectivity index (χ4v) is 3.20. The maximum Gasteiger partial charge on any atom is 0.547 e. The monoisotopic (exact) mass is 417 g/mol. The molecule has 1 aromatic carbocycles. The Morgan fingerprint density at radius 1 is 1.30 bits per heavy atom. The number of benzene rings is 1. The van der Waals surface area contributed by atoms with E-state index in [1.165, 1.54) is 6.07 Å². The SMILES string of the molecule is CCC(=O)N[C@H]1Cc2cccc(C(=O)OCc3oc(=O)oc3CC(C)C)c2OB1O. The zero-order valence-electron chi connectivity index (χ0n) is 17.1. The van der Waals surface area contributed by atoms with Crippen LogP contribution in [-0.2, 0) is 29.0 Å². The average molecular weight is 417 g/mol. The van der Waals surface area contributed by atoms with Gasteiger partial charge < -0.3 is 28.6 Å². The van der Waals surface area contributed by atoms with E-state index in [9.17, 15) is 19.4 Å². The molecule has 1 aliphatic heterocycles. The van der Waals surface area contributed by atoms with Crippen LogP contribution in [0.4, 0.5) is 0 Å². The van der Waals surface area contributed by atoms with Gasteiger partial charge in [0.25, 0.3) is 0 Å². The fraction of sp³-hybridized carbons (Fsp3) is 0.450. The molecule has 0 spiro atoms. The molecule has 1 atom stereocenters. The normalized spacial score (nSPS) is 15.5. The molecule has 2 aromatic rings. The van der Waals surface area contributed by atoms with Gasteiger partial charge in [-0.3, -0.25) is 4.79 Å². The van der Waals surface area contributed by atoms with E-state index in [0.717, 1.165) is 0 Å². The molecule has 30 heavy (non-hydrogen) atoms. The first kappa shape index (κ1) is 21.7. The lowest BCUT2D eigenvalue weighted by Gasteiger charge is -2.29. The maximum absolute atomic E-state index is 12.6. The lowest BCUT2D eigenvalue weighted by atomic mass is 9.72. The Labute approximate surface area is 173 Å². The Morgan fingerprint density at radius 2 is 2.03 bits per heavy atom. The first-order valence-electron chi connectivity index (χ1n) is 9.83. The molecule has 0 unspecified atom stereocenters. The number of para-hydroxylation sites is 1. The highest BCUT2D eigenvalue weighted by Gasteiger charge is 2.37. The van der Waals surface area contributed by atoms with E-state index in [0.29, 0.717) is 24.2 Å². The summed E-state index contributed by atoms with van der Waals surface area (Å²) in [5, 5.41) is 12.9. The number of hydrogen-bond donors (Lipinski definition) is 2. The van der Waals surface area contributed by atoms with Gasteiger partial charge in [-0.05, 0) is 24.0 Å². The van der Waals surface area contributed by atoms with Crippen LogP contribution in [0.2, 0.25) is 0 Å². The average Bonchev–Trinajstić information content (AvgIpc) is 3.04. The minimum Gasteiger partial charge on any atom is -0.534 e. The van der Waals surface area contributed by atoms with Crippen LogP contribution < -0.4 is 15.8 Å². The molecule has 0 bridgehead atoms. The third-order valence-corrected chi connectivity index (χ3v) is 4.66. The van der Waals surface area contributed by atoms with E-state index in [1.54, 1.807) is 19.1 Å². The van der Waals surface area contributed by atoms with Crippen molar-refractivity contribution in [1.82, 2.24) is 5.32 Å². The van der Waals surface area contributed by atoms with Gasteiger partial charge in [0.1, 0.15) is 11.3 Å². The molecule has 0 saturated heterocycles. The molecule has 0 aliphatic carbocycles. The zero-order chi connectivity index (χ0) is 21.8. The van der Waals surface area contributed by atoms with Crippen LogP contribution in [0.5, 0.6) is 5.75 Å². The van der Waals surface area contributed by atoms with E-state index in [1.807, 2.05) is 13.8 Å². The first-order valence-corrected chi connectivity index (χ1v) is 9.83. The summed E-state index contributed by atoms with van der Waals surface area (Å²) >= 11 is 0. The number of carbonyl (C=O) groups is 2. The number of esters is 1. The molecule has 1 aliphatic rings. The zero-order valence-corrected chi connectivity index (χ0v) is 17.1. The van der Waals surface area contributed by atoms with Crippen LogP contribution in [0.15, 0.2) is 31.8 Å². The lowest BCUT2D eigenvalue weighted by Crippen LogP contribution is -2.53. The van der Waals surface area contributed by atoms with E-state index < -0.39 is 24.9 Å². The predicted molar refractivity (Wildman–Crippen MR) is 106 cm³/mol. The van der Waals surface area contributed by atoms with E-state index in [4.69, 9.17) is 18.2 Å². The third-order valence-electron chi connectivity index (χ3n) is 4.66. The Balaban J connectivity index is 1.74. The van der Waals surface area contributed by atoms with Crippen molar-refractivity contribution in [2.75, 3.05) is 0 Å². The molecule has 10 heteroatoms. The number of rotatable bonds is 7. The Hall–Kier alpha value is -3.01. The molecule has 2 N–H and O–H groups in total. The third kappa shape index (κ3) is 4.94. The van der Waals surface area contributed by atoms with E-state index in [-0.39, 0.29) is 41.9 Å². The summed E-state index contributed by atoms with van der Waals surface area (Å²) < 4.78 is 20.8. The van der Waals surface area contributed by atoms with E-state index >= 15 is 0 Å². The molecule has 2 heterocycles. The van der Waals surface area contributed by atoms with Crippen LogP contribution in [0.3, 0.4) is 0 Å². The van der Waals surface area contributed by atoms with Gasteiger partial charge in [0.15, 0.2) is 18.1 Å². The summed E-state index contributed by atoms with van der Waals surface area (Å²) in [5.41, 5.74) is 0.787. The number of nitrogens with one attached hydrogen (secondary N) is 1. The van der Waals surface area contributed by atoms with Gasteiger partial charge in [0, 0.05) is 12.8 Å². The number of hydrogen-bond acceptors (Lipinski definition) is 8. The molecule has 1 aromatic heterocycles. The van der Waals surface area contributed by atoms with Gasteiger partial charge in [-0.25, -0.2) is 9.59 Å². The number of amides is 1. The molecule has 1 amide bonds. The van der Waals surface area contributed by atoms with Gasteiger partial charge >= 0.3 is 18.9 Å². The highest BCUT2D eigenvalue weighted by molar-refractivity contribution is 6.47. The van der Waals surface area contributed by atoms with Crippen molar-refractivity contribution in [3.8, 4) is 5.75 Å². The topological polar surface area (TPSA) is 128 Å². The van der Waals surface area contributed by atoms with Crippen molar-refractivity contribution in [2.24, 2.45) is 5.92 Å². The standard InChI is InChI=1S/C20H24BNO8/c1-4-17(23)22-16-9-12-6-5-7-13(18(12)30-21(16)26)19(24)27-10-15-14(8-11(2)3)28-20(25)29-15/h5-7,11,16,26H,4,8-10H2,1-3H3,(H,22,23)/t16-/m0/s1. The molecule has 3 rings (SSSR count). The van der Waals surface area contributed by atoms with Crippen molar-refractivity contribution in [1.29, 1.82) is 0 Å². The maximum atomic E-state index is 12.6. The summed E-state index contributed by atoms with van der Waals surface area (Å²) in [6.45, 7) is 5.35. The Kier molecular flexibility index (Phi) is 6.66. The van der Waals surface area contributed by atoms with Crippen molar-refractivity contribution in [3.05, 3.63) is 51.5 Å². The second-order valence-electron chi connectivity index (χ2n) is 7.51. The van der Waals surface area contributed by atoms with Crippen LogP contribution >= 0.6 is 0 Å². The van der Waals surface area contributed by atoms with Gasteiger partial charge in [0.05, 0.1) is 5.94 Å². The van der Waals surface area contributed by atoms with Crippen LogP contribution in [0.1, 0.15) is 54.6 Å². The molecular weight excluding hydrogens is 393 g/mol. The van der Waals surface area contributed by atoms with Gasteiger partial charge in [-0.1, -0.05) is 32.9 Å². The smallest absolute Gasteiger partial charge is 0.534 e. The summed E-state index contributed by atoms with van der Waals surface area (Å²) in [6.07, 6.45) is 1.06. The molecule has 0 radical (unpaired) electrons. The second kappa shape index (κ2) is 9.21. The summed E-state index contributed by atoms with van der Waals surface area (Å²) in [4.78, 5) is 35.7. The fourth-order valence-electron chi connectivity index (χ4n) is 3.20. The minimum atomic E-state index is -1.30.